The summed E-state index contributed by atoms with van der Waals surface area (Å²) in [7, 11) is 0. The van der Waals surface area contributed by atoms with Gasteiger partial charge in [0.2, 0.25) is 0 Å². The van der Waals surface area contributed by atoms with Crippen molar-refractivity contribution in [1.29, 1.82) is 0 Å². The second kappa shape index (κ2) is 7.84. The third kappa shape index (κ3) is 4.02. The number of aliphatic hydroxyl groups excluding tert-OH is 2. The maximum absolute atomic E-state index is 13.3. The molecule has 2 aliphatic rings. The maximum Gasteiger partial charge on any atom is 0.124 e. The van der Waals surface area contributed by atoms with E-state index in [9.17, 15) is 14.6 Å². The molecule has 0 radical (unpaired) electrons. The standard InChI is InChI=1S/C21H24ClFN2O2/c22-18-10-15(23)3-4-16(18)17-5-7-25(12-20(17)27)11-13-8-14-2-1-6-24-21(14)19(26)9-13/h1-4,6,10,13,17,19-20,26-27H,5,7-9,11-12H2/t13-,17?,19+,20+/m1/s1. The van der Waals surface area contributed by atoms with Gasteiger partial charge in [0.25, 0.3) is 0 Å². The summed E-state index contributed by atoms with van der Waals surface area (Å²) < 4.78 is 13.3. The number of pyridine rings is 1. The fourth-order valence-corrected chi connectivity index (χ4v) is 4.88. The van der Waals surface area contributed by atoms with Crippen LogP contribution in [0.25, 0.3) is 0 Å². The van der Waals surface area contributed by atoms with Crippen LogP contribution in [0.4, 0.5) is 4.39 Å². The molecule has 4 rings (SSSR count). The largest absolute Gasteiger partial charge is 0.391 e. The quantitative estimate of drug-likeness (QED) is 0.844. The molecule has 0 amide bonds. The Hall–Kier alpha value is -1.53. The van der Waals surface area contributed by atoms with Gasteiger partial charge in [0.05, 0.1) is 17.9 Å². The first-order chi connectivity index (χ1) is 13.0. The first kappa shape index (κ1) is 18.8. The Labute approximate surface area is 163 Å². The van der Waals surface area contributed by atoms with E-state index in [1.54, 1.807) is 12.3 Å². The molecule has 2 N–H and O–H groups in total. The highest BCUT2D eigenvalue weighted by atomic mass is 35.5. The molecule has 0 spiro atoms. The lowest BCUT2D eigenvalue weighted by Gasteiger charge is -2.39. The van der Waals surface area contributed by atoms with Crippen molar-refractivity contribution in [1.82, 2.24) is 9.88 Å². The van der Waals surface area contributed by atoms with Gasteiger partial charge >= 0.3 is 0 Å². The number of hydrogen-bond acceptors (Lipinski definition) is 4. The number of nitrogens with zero attached hydrogens (tertiary/aromatic N) is 2. The molecule has 4 nitrogen and oxygen atoms in total. The summed E-state index contributed by atoms with van der Waals surface area (Å²) in [6.07, 6.45) is 3.05. The highest BCUT2D eigenvalue weighted by Crippen LogP contribution is 2.36. The summed E-state index contributed by atoms with van der Waals surface area (Å²) in [5, 5.41) is 21.4. The normalized spacial score (nSPS) is 28.7. The van der Waals surface area contributed by atoms with Gasteiger partial charge in [-0.2, -0.15) is 0 Å². The van der Waals surface area contributed by atoms with Crippen LogP contribution in [-0.4, -0.2) is 45.8 Å². The van der Waals surface area contributed by atoms with E-state index in [0.717, 1.165) is 42.8 Å². The number of rotatable bonds is 3. The minimum atomic E-state index is -0.538. The van der Waals surface area contributed by atoms with Crippen molar-refractivity contribution in [2.75, 3.05) is 19.6 Å². The number of piperidine rings is 1. The zero-order chi connectivity index (χ0) is 19.0. The monoisotopic (exact) mass is 390 g/mol. The summed E-state index contributed by atoms with van der Waals surface area (Å²) in [6, 6.07) is 8.34. The molecule has 4 atom stereocenters. The van der Waals surface area contributed by atoms with E-state index in [2.05, 4.69) is 9.88 Å². The zero-order valence-corrected chi connectivity index (χ0v) is 15.8. The Kier molecular flexibility index (Phi) is 5.46. The number of β-amino-alcohol motifs (C(OH)–C–C–N with tert-alkyl or cyclic N) is 1. The van der Waals surface area contributed by atoms with Gasteiger partial charge in [-0.15, -0.1) is 0 Å². The number of aliphatic hydroxyl groups is 2. The Morgan fingerprint density at radius 3 is 2.89 bits per heavy atom. The molecule has 1 aromatic carbocycles. The predicted molar refractivity (Wildman–Crippen MR) is 102 cm³/mol. The van der Waals surface area contributed by atoms with Crippen molar-refractivity contribution in [3.05, 3.63) is 64.2 Å². The van der Waals surface area contributed by atoms with E-state index in [1.165, 1.54) is 12.1 Å². The van der Waals surface area contributed by atoms with E-state index in [1.807, 2.05) is 12.1 Å². The van der Waals surface area contributed by atoms with E-state index in [-0.39, 0.29) is 11.7 Å². The molecule has 1 unspecified atom stereocenters. The number of fused-ring (bicyclic) bond motifs is 1. The fraction of sp³-hybridized carbons (Fsp3) is 0.476. The van der Waals surface area contributed by atoms with Crippen LogP contribution in [-0.2, 0) is 6.42 Å². The molecule has 6 heteroatoms. The van der Waals surface area contributed by atoms with Gasteiger partial charge in [-0.25, -0.2) is 4.39 Å². The van der Waals surface area contributed by atoms with Crippen LogP contribution in [0, 0.1) is 11.7 Å². The third-order valence-corrected chi connectivity index (χ3v) is 6.18. The van der Waals surface area contributed by atoms with Gasteiger partial charge in [-0.1, -0.05) is 23.7 Å². The minimum absolute atomic E-state index is 0.0729. The fourth-order valence-electron chi connectivity index (χ4n) is 4.58. The van der Waals surface area contributed by atoms with E-state index >= 15 is 0 Å². The van der Waals surface area contributed by atoms with Gasteiger partial charge in [0.1, 0.15) is 5.82 Å². The first-order valence-electron chi connectivity index (χ1n) is 9.48. The van der Waals surface area contributed by atoms with E-state index in [4.69, 9.17) is 11.6 Å². The summed E-state index contributed by atoms with van der Waals surface area (Å²) in [5.41, 5.74) is 2.74. The average molecular weight is 391 g/mol. The van der Waals surface area contributed by atoms with Gasteiger partial charge in [0, 0.05) is 30.2 Å². The van der Waals surface area contributed by atoms with Crippen LogP contribution in [0.1, 0.15) is 41.7 Å². The molecule has 2 aromatic rings. The van der Waals surface area contributed by atoms with Gasteiger partial charge in [-0.3, -0.25) is 4.98 Å². The van der Waals surface area contributed by atoms with Crippen molar-refractivity contribution < 1.29 is 14.6 Å². The molecule has 27 heavy (non-hydrogen) atoms. The lowest BCUT2D eigenvalue weighted by atomic mass is 9.83. The van der Waals surface area contributed by atoms with Crippen LogP contribution >= 0.6 is 11.6 Å². The van der Waals surface area contributed by atoms with Crippen LogP contribution < -0.4 is 0 Å². The van der Waals surface area contributed by atoms with Crippen LogP contribution in [0.15, 0.2) is 36.5 Å². The minimum Gasteiger partial charge on any atom is -0.391 e. The first-order valence-corrected chi connectivity index (χ1v) is 9.86. The molecule has 1 saturated heterocycles. The van der Waals surface area contributed by atoms with Crippen LogP contribution in [0.3, 0.4) is 0 Å². The molecule has 1 aromatic heterocycles. The topological polar surface area (TPSA) is 56.6 Å². The molecule has 0 saturated carbocycles. The number of benzene rings is 1. The zero-order valence-electron chi connectivity index (χ0n) is 15.1. The number of aromatic nitrogens is 1. The van der Waals surface area contributed by atoms with Gasteiger partial charge in [-0.05, 0) is 61.1 Å². The number of hydrogen-bond donors (Lipinski definition) is 2. The molecule has 1 aliphatic carbocycles. The van der Waals surface area contributed by atoms with Crippen LogP contribution in [0.2, 0.25) is 5.02 Å². The highest BCUT2D eigenvalue weighted by Gasteiger charge is 2.33. The Morgan fingerprint density at radius 1 is 1.26 bits per heavy atom. The molecular formula is C21H24ClFN2O2. The molecule has 0 bridgehead atoms. The maximum atomic E-state index is 13.3. The second-order valence-electron chi connectivity index (χ2n) is 7.76. The number of likely N-dealkylation sites (tertiary alicyclic amines) is 1. The third-order valence-electron chi connectivity index (χ3n) is 5.85. The SMILES string of the molecule is O[C@H]1C[C@H](CN2CCC(c3ccc(F)cc3Cl)[C@@H](O)C2)Cc2cccnc21. The van der Waals surface area contributed by atoms with Crippen molar-refractivity contribution in [3.63, 3.8) is 0 Å². The molecular weight excluding hydrogens is 367 g/mol. The van der Waals surface area contributed by atoms with Crippen LogP contribution in [0.5, 0.6) is 0 Å². The van der Waals surface area contributed by atoms with Crippen molar-refractivity contribution in [3.8, 4) is 0 Å². The summed E-state index contributed by atoms with van der Waals surface area (Å²) >= 11 is 6.19. The Morgan fingerprint density at radius 2 is 2.11 bits per heavy atom. The molecule has 1 fully saturated rings. The molecule has 1 aliphatic heterocycles. The lowest BCUT2D eigenvalue weighted by molar-refractivity contribution is 0.0351. The lowest BCUT2D eigenvalue weighted by Crippen LogP contribution is -2.45. The smallest absolute Gasteiger partial charge is 0.124 e. The second-order valence-corrected chi connectivity index (χ2v) is 8.16. The Balaban J connectivity index is 1.39. The summed E-state index contributed by atoms with van der Waals surface area (Å²) in [4.78, 5) is 6.57. The van der Waals surface area contributed by atoms with Gasteiger partial charge < -0.3 is 15.1 Å². The average Bonchev–Trinajstić information content (AvgIpc) is 2.63. The number of halogens is 2. The van der Waals surface area contributed by atoms with E-state index in [0.29, 0.717) is 23.9 Å². The highest BCUT2D eigenvalue weighted by molar-refractivity contribution is 6.31. The molecule has 144 valence electrons. The van der Waals surface area contributed by atoms with Gasteiger partial charge in [0.15, 0.2) is 0 Å². The summed E-state index contributed by atoms with van der Waals surface area (Å²) in [6.45, 7) is 2.25. The summed E-state index contributed by atoms with van der Waals surface area (Å²) in [5.74, 6) is -0.0904. The Bertz CT molecular complexity index is 819. The van der Waals surface area contributed by atoms with Crippen molar-refractivity contribution >= 4 is 11.6 Å². The van der Waals surface area contributed by atoms with Crippen molar-refractivity contribution in [2.24, 2.45) is 5.92 Å². The van der Waals surface area contributed by atoms with Crippen molar-refractivity contribution in [2.45, 2.75) is 37.4 Å². The van der Waals surface area contributed by atoms with E-state index < -0.39 is 12.2 Å². The molecule has 2 heterocycles. The predicted octanol–water partition coefficient (Wildman–Crippen LogP) is 3.32.